The molecule has 0 saturated carbocycles. The summed E-state index contributed by atoms with van der Waals surface area (Å²) < 4.78 is 10.7. The van der Waals surface area contributed by atoms with Crippen molar-refractivity contribution in [1.82, 2.24) is 57.5 Å². The third kappa shape index (κ3) is 28.9. The number of aromatic nitrogens is 1. The van der Waals surface area contributed by atoms with Crippen LogP contribution in [0, 0.1) is 17.8 Å². The summed E-state index contributed by atoms with van der Waals surface area (Å²) in [7, 11) is 3.69. The Bertz CT molecular complexity index is 3000. The van der Waals surface area contributed by atoms with E-state index in [1.54, 1.807) is 12.1 Å². The van der Waals surface area contributed by atoms with Gasteiger partial charge in [0.2, 0.25) is 41.4 Å². The van der Waals surface area contributed by atoms with Gasteiger partial charge in [0.1, 0.15) is 59.4 Å². The van der Waals surface area contributed by atoms with Crippen LogP contribution in [-0.2, 0) is 73.4 Å². The van der Waals surface area contributed by atoms with Crippen LogP contribution in [0.5, 0.6) is 5.75 Å². The molecular weight excluding hydrogens is 1320 g/mol. The number of thiazole rings is 1. The molecule has 1 aliphatic rings. The smallest absolute Gasteiger partial charge is 0.426 e. The molecule has 1 fully saturated rings. The number of carbonyl (C=O) groups is 14. The Kier molecular flexibility index (Phi) is 35.5. The van der Waals surface area contributed by atoms with Crippen molar-refractivity contribution in [3.05, 3.63) is 45.9 Å². The highest BCUT2D eigenvalue weighted by atomic mass is 33.1. The van der Waals surface area contributed by atoms with Crippen molar-refractivity contribution in [1.29, 1.82) is 0 Å². The summed E-state index contributed by atoms with van der Waals surface area (Å²) in [5, 5.41) is 75.1. The van der Waals surface area contributed by atoms with Crippen LogP contribution in [0.4, 0.5) is 4.79 Å². The van der Waals surface area contributed by atoms with E-state index in [9.17, 15) is 92.7 Å². The van der Waals surface area contributed by atoms with Crippen LogP contribution in [0.2, 0.25) is 0 Å². The lowest BCUT2D eigenvalue weighted by Gasteiger charge is -2.39. The number of benzene rings is 1. The number of aliphatic hydroxyl groups is 1. The van der Waals surface area contributed by atoms with Gasteiger partial charge in [-0.2, -0.15) is 0 Å². The first-order valence-electron chi connectivity index (χ1n) is 31.0. The number of nitrogens with one attached hydrogen (secondary N) is 8. The van der Waals surface area contributed by atoms with Crippen LogP contribution >= 0.6 is 32.9 Å². The van der Waals surface area contributed by atoms with E-state index >= 15 is 0 Å². The number of amides is 9. The number of esters is 1. The van der Waals surface area contributed by atoms with Gasteiger partial charge in [-0.25, -0.2) is 20.0 Å². The molecule has 1 unspecified atom stereocenters. The zero-order valence-corrected chi connectivity index (χ0v) is 57.1. The number of ether oxygens (including phenoxy) is 2. The number of aliphatic carboxylic acids is 4. The number of hydrogen-bond acceptors (Lipinski definition) is 23. The number of hydrazine groups is 1. The van der Waals surface area contributed by atoms with E-state index < -0.39 is 164 Å². The predicted octanol–water partition coefficient (Wildman–Crippen LogP) is 1.42. The average molecular weight is 1410 g/mol. The van der Waals surface area contributed by atoms with Crippen LogP contribution in [0.25, 0.3) is 0 Å². The van der Waals surface area contributed by atoms with Gasteiger partial charge in [0.15, 0.2) is 6.73 Å². The fraction of sp³-hybridized carbons (Fsp3) is 0.617. The molecule has 1 aromatic heterocycles. The number of hydrogen-bond donors (Lipinski definition) is 14. The van der Waals surface area contributed by atoms with E-state index in [0.717, 1.165) is 59.2 Å². The number of piperidine rings is 1. The fourth-order valence-corrected chi connectivity index (χ4v) is 12.6. The van der Waals surface area contributed by atoms with E-state index in [1.807, 2.05) is 62.5 Å². The number of carboxylic acid groups (broad SMARTS) is 4. The van der Waals surface area contributed by atoms with E-state index in [4.69, 9.17) is 14.6 Å². The lowest BCUT2D eigenvalue weighted by Crippen LogP contribution is -2.59. The molecule has 0 aliphatic carbocycles. The maximum absolute atomic E-state index is 14.8. The van der Waals surface area contributed by atoms with Gasteiger partial charge in [0.25, 0.3) is 5.91 Å². The van der Waals surface area contributed by atoms with Gasteiger partial charge in [-0.3, -0.25) is 67.9 Å². The fourth-order valence-electron chi connectivity index (χ4n) is 9.80. The second-order valence-corrected chi connectivity index (χ2v) is 26.8. The Morgan fingerprint density at radius 2 is 1.31 bits per heavy atom. The van der Waals surface area contributed by atoms with E-state index in [0.29, 0.717) is 24.8 Å². The van der Waals surface area contributed by atoms with Crippen LogP contribution in [0.1, 0.15) is 146 Å². The number of likely N-dealkylation sites (N-methyl/N-ethyl adjacent to an activating group) is 1. The Labute approximate surface area is 566 Å². The summed E-state index contributed by atoms with van der Waals surface area (Å²) in [5.74, 6) is -16.1. The second kappa shape index (κ2) is 41.6. The highest BCUT2D eigenvalue weighted by molar-refractivity contribution is 8.76. The molecule has 2 heterocycles. The molecule has 14 N–H and O–H groups in total. The Hall–Kier alpha value is -8.35. The summed E-state index contributed by atoms with van der Waals surface area (Å²) in [6.45, 7) is 11.7. The van der Waals surface area contributed by atoms with Crippen LogP contribution < -0.4 is 42.8 Å². The molecular formula is C60H89N11O22S3. The van der Waals surface area contributed by atoms with E-state index in [-0.39, 0.29) is 78.0 Å². The van der Waals surface area contributed by atoms with Crippen molar-refractivity contribution < 1.29 is 107 Å². The molecule has 1 saturated heterocycles. The van der Waals surface area contributed by atoms with Gasteiger partial charge >= 0.3 is 35.9 Å². The molecule has 534 valence electrons. The predicted molar refractivity (Wildman–Crippen MR) is 347 cm³/mol. The third-order valence-corrected chi connectivity index (χ3v) is 18.5. The summed E-state index contributed by atoms with van der Waals surface area (Å²) in [5.41, 5.74) is 4.95. The zero-order valence-electron chi connectivity index (χ0n) is 54.6. The van der Waals surface area contributed by atoms with Crippen molar-refractivity contribution in [2.24, 2.45) is 17.8 Å². The molecule has 1 aromatic carbocycles. The van der Waals surface area contributed by atoms with Gasteiger partial charge in [-0.1, -0.05) is 88.1 Å². The summed E-state index contributed by atoms with van der Waals surface area (Å²) in [4.78, 5) is 186. The topological polar surface area (TPSA) is 494 Å². The zero-order chi connectivity index (χ0) is 71.9. The number of rotatable bonds is 41. The Morgan fingerprint density at radius 3 is 1.84 bits per heavy atom. The molecule has 9 amide bonds. The number of carboxylic acids is 4. The van der Waals surface area contributed by atoms with Crippen LogP contribution in [0.3, 0.4) is 0 Å². The van der Waals surface area contributed by atoms with Crippen molar-refractivity contribution >= 4 is 116 Å². The van der Waals surface area contributed by atoms with Crippen LogP contribution in [0.15, 0.2) is 29.6 Å². The molecule has 0 spiro atoms. The van der Waals surface area contributed by atoms with Gasteiger partial charge < -0.3 is 76.9 Å². The van der Waals surface area contributed by atoms with Gasteiger partial charge in [0, 0.05) is 54.7 Å². The largest absolute Gasteiger partial charge is 0.508 e. The van der Waals surface area contributed by atoms with Crippen molar-refractivity contribution in [2.75, 3.05) is 38.4 Å². The molecule has 0 bridgehead atoms. The molecule has 2 aromatic rings. The van der Waals surface area contributed by atoms with E-state index in [2.05, 4.69) is 31.8 Å². The van der Waals surface area contributed by atoms with Crippen molar-refractivity contribution in [2.45, 2.75) is 180 Å². The second-order valence-electron chi connectivity index (χ2n) is 23.3. The first kappa shape index (κ1) is 81.9. The Balaban J connectivity index is 1.64. The number of nitrogens with zero attached hydrogens (tertiary/aromatic N) is 3. The molecule has 33 nitrogen and oxygen atoms in total. The number of aliphatic hydroxyl groups excluding tert-OH is 1. The van der Waals surface area contributed by atoms with Gasteiger partial charge in [-0.15, -0.1) is 11.3 Å². The third-order valence-electron chi connectivity index (χ3n) is 15.2. The molecule has 0 radical (unpaired) electrons. The number of phenols is 1. The monoisotopic (exact) mass is 1410 g/mol. The van der Waals surface area contributed by atoms with Crippen molar-refractivity contribution in [3.63, 3.8) is 0 Å². The standard InChI is InChI=1S/C60H89N11O22S3/c1-9-13-49(81)93-30-71(58(88)50(32(5)10-2)67-56(87)43-14-11-12-19-70(43)8)44(31(3)4)27-45(74)57-66-41(28-94-57)55(86)62-36(23-35-15-17-37(73)18-16-35)22-33(6)51(82)68-69-60(91)92-20-21-95-96-29-42(59(89)90)65-54(85)40(26-48(79)80)64-53(84)39(25-47(77)78)63-52(83)38(24-46(75)76)61-34(7)72/h15-18,28,31-33,36,38-40,42-45,50,73-74H,9-14,19-27,29-30H2,1-8H3,(H,61,72)(H,62,86)(H,63,83)(H,64,84)(H,65,85)(H,67,87)(H,68,82)(H,69,91)(H,75,76)(H,77,78)(H,79,80)(H,89,90)/t32?,33-,36+,38-,39-,40-,42+,43+,44+,45+,50-/m0/s1. The van der Waals surface area contributed by atoms with Crippen molar-refractivity contribution in [3.8, 4) is 5.75 Å². The lowest BCUT2D eigenvalue weighted by atomic mass is 9.92. The maximum Gasteiger partial charge on any atom is 0.426 e. The number of phenolic OH excluding ortho intramolecular Hbond substituents is 1. The minimum absolute atomic E-state index is 0.0134. The molecule has 36 heteroatoms. The lowest BCUT2D eigenvalue weighted by molar-refractivity contribution is -0.159. The first-order chi connectivity index (χ1) is 45.2. The molecule has 3 rings (SSSR count). The summed E-state index contributed by atoms with van der Waals surface area (Å²) >= 11 is 0.990. The molecule has 11 atom stereocenters. The van der Waals surface area contributed by atoms with Gasteiger partial charge in [0.05, 0.1) is 25.3 Å². The normalized spacial score (nSPS) is 16.1. The first-order valence-corrected chi connectivity index (χ1v) is 34.3. The molecule has 96 heavy (non-hydrogen) atoms. The number of aromatic hydroxyl groups is 1. The summed E-state index contributed by atoms with van der Waals surface area (Å²) in [6.07, 6.45) is -2.12. The number of carbonyl (C=O) groups excluding carboxylic acids is 10. The highest BCUT2D eigenvalue weighted by Gasteiger charge is 2.40. The Morgan fingerprint density at radius 1 is 0.729 bits per heavy atom. The number of likely N-dealkylation sites (tertiary alicyclic amines) is 1. The minimum atomic E-state index is -2.04. The maximum atomic E-state index is 14.8. The van der Waals surface area contributed by atoms with Crippen LogP contribution in [-0.4, -0.2) is 215 Å². The highest BCUT2D eigenvalue weighted by Crippen LogP contribution is 2.30. The SMILES string of the molecule is CCCC(=O)OCN(C(=O)[C@@H](NC(=O)[C@H]1CCCCN1C)C(C)CC)[C@H](C[C@@H](O)c1nc(C(=O)N[C@@H](Cc2ccc(O)cc2)C[C@H](C)C(=O)NNC(=O)OCCSSC[C@@H](NC(=O)[C@H](CC(=O)O)NC(=O)[C@H](CC(=O)O)NC(=O)[C@H](CC(=O)O)NC(C)=O)C(=O)O)cs1)C(C)C. The quantitative estimate of drug-likeness (QED) is 0.0147. The average Bonchev–Trinajstić information content (AvgIpc) is 1.28. The van der Waals surface area contributed by atoms with E-state index in [1.165, 1.54) is 29.3 Å². The molecule has 1 aliphatic heterocycles. The minimum Gasteiger partial charge on any atom is -0.508 e. The summed E-state index contributed by atoms with van der Waals surface area (Å²) in [6, 6.07) is -4.40. The van der Waals surface area contributed by atoms with Gasteiger partial charge in [-0.05, 0) is 75.2 Å².